The minimum atomic E-state index is -4.26. The van der Waals surface area contributed by atoms with Crippen molar-refractivity contribution < 1.29 is 41.3 Å². The molecule has 67 heavy (non-hydrogen) atoms. The van der Waals surface area contributed by atoms with Gasteiger partial charge in [0.15, 0.2) is 5.75 Å². The number of aromatic nitrogens is 5. The zero-order valence-electron chi connectivity index (χ0n) is 36.6. The number of benzene rings is 6. The summed E-state index contributed by atoms with van der Waals surface area (Å²) in [6.45, 7) is 0.910. The predicted molar refractivity (Wildman–Crippen MR) is 258 cm³/mol. The van der Waals surface area contributed by atoms with Crippen LogP contribution in [-0.4, -0.2) is 76.9 Å². The summed E-state index contributed by atoms with van der Waals surface area (Å²) in [7, 11) is -0.762. The first-order valence-electron chi connectivity index (χ1n) is 21.2. The molecule has 0 spiro atoms. The van der Waals surface area contributed by atoms with Gasteiger partial charge in [-0.05, 0) is 95.8 Å². The monoisotopic (exact) mass is 940 g/mol. The summed E-state index contributed by atoms with van der Waals surface area (Å²) in [5.74, 6) is 2.30. The fourth-order valence-corrected chi connectivity index (χ4v) is 7.71. The second kappa shape index (κ2) is 22.5. The van der Waals surface area contributed by atoms with E-state index < -0.39 is 10.1 Å². The SMILES string of the molecule is CNC(=O)Nc1cccc(-n2[nH]nnc2=S)c1.C[n+]1c(C=C2Oc3ccc(-c4ccccc4)cc3N2CCCCS(=O)(=O)[O-])oc2ccc(-c3ccccc3)cc21.OCCOc1ccccc1. The maximum absolute atomic E-state index is 11.2. The van der Waals surface area contributed by atoms with Crippen LogP contribution in [0.5, 0.6) is 11.5 Å². The number of rotatable bonds is 13. The van der Waals surface area contributed by atoms with Gasteiger partial charge in [0.1, 0.15) is 25.5 Å². The topological polar surface area (TPSA) is 204 Å². The smallest absolute Gasteiger partial charge is 0.379 e. The number of nitrogens with one attached hydrogen (secondary N) is 3. The Bertz CT molecular complexity index is 3110. The number of oxazole rings is 1. The minimum Gasteiger partial charge on any atom is -0.748 e. The highest BCUT2D eigenvalue weighted by Gasteiger charge is 2.29. The zero-order chi connectivity index (χ0) is 47.2. The minimum absolute atomic E-state index is 0.0644. The number of fused-ring (bicyclic) bond motifs is 2. The number of carbonyl (C=O) groups excluding carboxylic acids is 1. The molecule has 0 atom stereocenters. The average molecular weight is 941 g/mol. The Hall–Kier alpha value is -7.64. The summed E-state index contributed by atoms with van der Waals surface area (Å²) in [5, 5.41) is 23.4. The Labute approximate surface area is 392 Å². The fraction of sp³-hybridized carbons (Fsp3) is 0.163. The molecule has 0 radical (unpaired) electrons. The van der Waals surface area contributed by atoms with Gasteiger partial charge in [-0.25, -0.2) is 17.9 Å². The van der Waals surface area contributed by atoms with Gasteiger partial charge in [-0.2, -0.15) is 9.78 Å². The molecule has 0 unspecified atom stereocenters. The highest BCUT2D eigenvalue weighted by atomic mass is 32.2. The van der Waals surface area contributed by atoms with E-state index in [2.05, 4.69) is 62.6 Å². The Morgan fingerprint density at radius 1 is 0.866 bits per heavy atom. The van der Waals surface area contributed by atoms with Gasteiger partial charge in [0.05, 0.1) is 28.1 Å². The first kappa shape index (κ1) is 47.3. The maximum Gasteiger partial charge on any atom is 0.379 e. The number of tetrazole rings is 1. The van der Waals surface area contributed by atoms with Crippen LogP contribution in [0.4, 0.5) is 16.2 Å². The first-order valence-corrected chi connectivity index (χ1v) is 23.1. The number of aliphatic hydroxyl groups excluding tert-OH is 1. The predicted octanol–water partition coefficient (Wildman–Crippen LogP) is 8.25. The lowest BCUT2D eigenvalue weighted by Gasteiger charge is -2.18. The number of hydrogen-bond acceptors (Lipinski definition) is 12. The molecular formula is C49H48N8O8S2. The molecule has 6 aromatic carbocycles. The van der Waals surface area contributed by atoms with Crippen molar-refractivity contribution in [3.05, 3.63) is 168 Å². The number of anilines is 2. The van der Waals surface area contributed by atoms with E-state index in [9.17, 15) is 17.8 Å². The molecule has 1 aliphatic heterocycles. The van der Waals surface area contributed by atoms with Crippen LogP contribution in [0.15, 0.2) is 162 Å². The Morgan fingerprint density at radius 2 is 1.54 bits per heavy atom. The number of aromatic amines is 1. The number of unbranched alkanes of at least 4 members (excludes halogenated alkanes) is 1. The standard InChI is InChI=1S/C32H28N2O5S.C9H10N6OS.C8H10O2/c1-33-27-20-25(23-10-4-2-5-11-23)14-16-29(27)38-31(33)22-32-34(18-8-9-19-40(35,36)37)28-21-26(15-17-30(28)39-32)24-12-6-3-7-13-24;1-10-8(16)11-6-3-2-4-7(5-6)15-9(17)12-13-14-15;9-6-7-10-8-4-2-1-3-5-8/h2-7,10-17,20-22H,8-9,18-19H2,1H3;2-5H,1H3,(H2,10,11,16)(H,12,14,17);1-5,9H,6-7H2. The summed E-state index contributed by atoms with van der Waals surface area (Å²) in [4.78, 5) is 13.2. The lowest BCUT2D eigenvalue weighted by molar-refractivity contribution is -0.652. The van der Waals surface area contributed by atoms with Crippen molar-refractivity contribution in [2.75, 3.05) is 42.8 Å². The summed E-state index contributed by atoms with van der Waals surface area (Å²) < 4.78 is 54.9. The van der Waals surface area contributed by atoms with Gasteiger partial charge in [0, 0.05) is 31.1 Å². The van der Waals surface area contributed by atoms with Crippen LogP contribution in [0.1, 0.15) is 18.7 Å². The molecule has 2 amide bonds. The number of para-hydroxylation sites is 1. The van der Waals surface area contributed by atoms with E-state index in [0.717, 1.165) is 50.5 Å². The number of ether oxygens (including phenoxy) is 2. The normalized spacial score (nSPS) is 12.3. The molecule has 9 rings (SSSR count). The largest absolute Gasteiger partial charge is 0.748 e. The number of amides is 2. The van der Waals surface area contributed by atoms with Gasteiger partial charge in [0.25, 0.3) is 5.52 Å². The lowest BCUT2D eigenvalue weighted by atomic mass is 10.0. The second-order valence-electron chi connectivity index (χ2n) is 14.9. The highest BCUT2D eigenvalue weighted by Crippen LogP contribution is 2.42. The van der Waals surface area contributed by atoms with E-state index in [-0.39, 0.29) is 24.8 Å². The molecule has 344 valence electrons. The second-order valence-corrected chi connectivity index (χ2v) is 16.7. The molecule has 18 heteroatoms. The average Bonchev–Trinajstić information content (AvgIpc) is 4.04. The van der Waals surface area contributed by atoms with Crippen LogP contribution in [-0.2, 0) is 17.2 Å². The van der Waals surface area contributed by atoms with Crippen molar-refractivity contribution in [3.63, 3.8) is 0 Å². The number of urea groups is 1. The molecule has 0 saturated heterocycles. The lowest BCUT2D eigenvalue weighted by Crippen LogP contribution is -2.30. The van der Waals surface area contributed by atoms with Crippen molar-refractivity contribution in [2.45, 2.75) is 12.8 Å². The van der Waals surface area contributed by atoms with Crippen molar-refractivity contribution in [1.82, 2.24) is 25.5 Å². The van der Waals surface area contributed by atoms with Crippen molar-refractivity contribution in [2.24, 2.45) is 7.05 Å². The van der Waals surface area contributed by atoms with Crippen LogP contribution in [0, 0.1) is 4.77 Å². The van der Waals surface area contributed by atoms with Crippen LogP contribution in [0.2, 0.25) is 0 Å². The molecular weight excluding hydrogens is 893 g/mol. The van der Waals surface area contributed by atoms with Crippen molar-refractivity contribution >= 4 is 56.9 Å². The van der Waals surface area contributed by atoms with Crippen molar-refractivity contribution in [3.8, 4) is 39.4 Å². The molecule has 8 aromatic rings. The number of carbonyl (C=O) groups is 1. The third-order valence-corrected chi connectivity index (χ3v) is 11.3. The molecule has 3 heterocycles. The molecule has 16 nitrogen and oxygen atoms in total. The number of hydrogen-bond donors (Lipinski definition) is 4. The molecule has 0 aliphatic carbocycles. The number of nitrogens with zero attached hydrogens (tertiary/aromatic N) is 5. The van der Waals surface area contributed by atoms with E-state index in [0.29, 0.717) is 47.6 Å². The van der Waals surface area contributed by atoms with Crippen LogP contribution < -0.4 is 29.6 Å². The summed E-state index contributed by atoms with van der Waals surface area (Å²) in [6, 6.07) is 48.7. The van der Waals surface area contributed by atoms with E-state index in [4.69, 9.17) is 31.2 Å². The van der Waals surface area contributed by atoms with Gasteiger partial charge in [-0.15, -0.1) is 0 Å². The molecule has 0 bridgehead atoms. The van der Waals surface area contributed by atoms with E-state index in [1.807, 2.05) is 120 Å². The van der Waals surface area contributed by atoms with Gasteiger partial charge in [-0.3, -0.25) is 0 Å². The van der Waals surface area contributed by atoms with E-state index in [1.54, 1.807) is 25.2 Å². The summed E-state index contributed by atoms with van der Waals surface area (Å²) >= 11 is 4.98. The zero-order valence-corrected chi connectivity index (χ0v) is 38.2. The molecule has 2 aromatic heterocycles. The van der Waals surface area contributed by atoms with Gasteiger partial charge < -0.3 is 39.1 Å². The van der Waals surface area contributed by atoms with E-state index >= 15 is 0 Å². The fourth-order valence-electron chi connectivity index (χ4n) is 6.97. The van der Waals surface area contributed by atoms with Crippen LogP contribution in [0.3, 0.4) is 0 Å². The number of aliphatic hydroxyl groups is 1. The van der Waals surface area contributed by atoms with Gasteiger partial charge >= 0.3 is 11.9 Å². The van der Waals surface area contributed by atoms with Crippen molar-refractivity contribution in [1.29, 1.82) is 0 Å². The number of H-pyrrole nitrogens is 1. The third-order valence-electron chi connectivity index (χ3n) is 10.2. The Morgan fingerprint density at radius 3 is 2.18 bits per heavy atom. The maximum atomic E-state index is 11.2. The Kier molecular flexibility index (Phi) is 15.9. The Balaban J connectivity index is 0.000000201. The van der Waals surface area contributed by atoms with Gasteiger partial charge in [-0.1, -0.05) is 107 Å². The first-order chi connectivity index (χ1) is 32.5. The summed E-state index contributed by atoms with van der Waals surface area (Å²) in [6.07, 6.45) is 2.63. The third kappa shape index (κ3) is 12.8. The van der Waals surface area contributed by atoms with E-state index in [1.165, 1.54) is 4.68 Å². The van der Waals surface area contributed by atoms with Gasteiger partial charge in [0.2, 0.25) is 16.2 Å². The molecule has 0 saturated carbocycles. The molecule has 0 fully saturated rings. The summed E-state index contributed by atoms with van der Waals surface area (Å²) in [5.41, 5.74) is 8.31. The number of aryl methyl sites for hydroxylation is 1. The molecule has 4 N–H and O–H groups in total. The quantitative estimate of drug-likeness (QED) is 0.0374. The van der Waals surface area contributed by atoms with Crippen LogP contribution in [0.25, 0.3) is 45.1 Å². The molecule has 1 aliphatic rings. The van der Waals surface area contributed by atoms with Crippen LogP contribution >= 0.6 is 12.2 Å². The highest BCUT2D eigenvalue weighted by molar-refractivity contribution is 7.85.